The zero-order valence-electron chi connectivity index (χ0n) is 9.21. The van der Waals surface area contributed by atoms with Gasteiger partial charge in [0, 0.05) is 6.26 Å². The minimum Gasteiger partial charge on any atom is -0.303 e. The van der Waals surface area contributed by atoms with Crippen LogP contribution in [0.4, 0.5) is 13.2 Å². The third-order valence-corrected chi connectivity index (χ3v) is 2.99. The highest BCUT2D eigenvalue weighted by Crippen LogP contribution is 2.26. The van der Waals surface area contributed by atoms with Crippen molar-refractivity contribution in [3.05, 3.63) is 34.4 Å². The summed E-state index contributed by atoms with van der Waals surface area (Å²) in [4.78, 5) is 15.9. The van der Waals surface area contributed by atoms with E-state index in [9.17, 15) is 26.4 Å². The molecule has 0 aliphatic rings. The molecule has 1 aromatic rings. The van der Waals surface area contributed by atoms with Crippen LogP contribution in [0, 0.1) is 0 Å². The van der Waals surface area contributed by atoms with Crippen LogP contribution in [-0.2, 0) is 22.4 Å². The molecule has 0 aliphatic heterocycles. The van der Waals surface area contributed by atoms with Gasteiger partial charge in [-0.2, -0.15) is 13.2 Å². The van der Waals surface area contributed by atoms with E-state index in [1.54, 1.807) is 0 Å². The maximum Gasteiger partial charge on any atom is 0.449 e. The molecule has 0 bridgehead atoms. The van der Waals surface area contributed by atoms with Crippen LogP contribution in [0.1, 0.15) is 11.4 Å². The van der Waals surface area contributed by atoms with Crippen molar-refractivity contribution in [2.75, 3.05) is 6.26 Å². The second kappa shape index (κ2) is 4.56. The zero-order valence-corrected chi connectivity index (χ0v) is 10.0. The lowest BCUT2D eigenvalue weighted by Crippen LogP contribution is -2.25. The summed E-state index contributed by atoms with van der Waals surface area (Å²) in [6.07, 6.45) is -3.23. The number of allylic oxidation sites excluding steroid dienone is 1. The van der Waals surface area contributed by atoms with Gasteiger partial charge >= 0.3 is 6.18 Å². The fourth-order valence-corrected chi connectivity index (χ4v) is 2.12. The van der Waals surface area contributed by atoms with Crippen molar-refractivity contribution < 1.29 is 21.6 Å². The number of H-pyrrole nitrogens is 1. The van der Waals surface area contributed by atoms with Gasteiger partial charge in [0.1, 0.15) is 0 Å². The standard InChI is InChI=1S/C9H9F3N2O3S/c1-3-4-5-6(15)13-8(9(10,11)12)14-7(5)18(2,16)17/h3H,1,4H2,2H3,(H,13,14,15). The molecule has 0 unspecified atom stereocenters. The quantitative estimate of drug-likeness (QED) is 0.660. The third kappa shape index (κ3) is 2.97. The molecule has 18 heavy (non-hydrogen) atoms. The van der Waals surface area contributed by atoms with E-state index in [1.807, 2.05) is 0 Å². The number of nitrogens with one attached hydrogen (secondary N) is 1. The number of sulfone groups is 1. The molecule has 0 aromatic carbocycles. The molecule has 1 heterocycles. The first-order valence-electron chi connectivity index (χ1n) is 4.58. The molecule has 9 heteroatoms. The van der Waals surface area contributed by atoms with Gasteiger partial charge in [0.25, 0.3) is 5.56 Å². The Morgan fingerprint density at radius 1 is 1.44 bits per heavy atom. The molecule has 0 fully saturated rings. The second-order valence-corrected chi connectivity index (χ2v) is 5.39. The fourth-order valence-electron chi connectivity index (χ4n) is 1.24. The topological polar surface area (TPSA) is 79.9 Å². The van der Waals surface area contributed by atoms with Gasteiger partial charge in [-0.05, 0) is 6.42 Å². The maximum atomic E-state index is 12.4. The molecule has 0 aliphatic carbocycles. The Hall–Kier alpha value is -1.64. The normalized spacial score (nSPS) is 12.4. The van der Waals surface area contributed by atoms with E-state index in [1.165, 1.54) is 11.1 Å². The molecule has 1 rings (SSSR count). The van der Waals surface area contributed by atoms with Crippen molar-refractivity contribution in [1.82, 2.24) is 9.97 Å². The van der Waals surface area contributed by atoms with Crippen LogP contribution < -0.4 is 5.56 Å². The largest absolute Gasteiger partial charge is 0.449 e. The van der Waals surface area contributed by atoms with E-state index in [0.717, 1.165) is 0 Å². The smallest absolute Gasteiger partial charge is 0.303 e. The average Bonchev–Trinajstić information content (AvgIpc) is 2.17. The zero-order chi connectivity index (χ0) is 14.1. The molecule has 0 amide bonds. The Bertz CT molecular complexity index is 631. The van der Waals surface area contributed by atoms with Gasteiger partial charge < -0.3 is 4.98 Å². The molecule has 1 aromatic heterocycles. The summed E-state index contributed by atoms with van der Waals surface area (Å²) in [7, 11) is -4.04. The number of halogens is 3. The lowest BCUT2D eigenvalue weighted by molar-refractivity contribution is -0.145. The van der Waals surface area contributed by atoms with E-state index in [-0.39, 0.29) is 12.0 Å². The van der Waals surface area contributed by atoms with Crippen molar-refractivity contribution in [2.45, 2.75) is 17.6 Å². The van der Waals surface area contributed by atoms with Gasteiger partial charge in [0.2, 0.25) is 5.82 Å². The molecule has 0 saturated carbocycles. The summed E-state index contributed by atoms with van der Waals surface area (Å²) in [6, 6.07) is 0. The van der Waals surface area contributed by atoms with Crippen LogP contribution in [0.2, 0.25) is 0 Å². The lowest BCUT2D eigenvalue weighted by atomic mass is 10.2. The molecule has 0 spiro atoms. The predicted molar refractivity (Wildman–Crippen MR) is 56.9 cm³/mol. The molecule has 0 radical (unpaired) electrons. The highest BCUT2D eigenvalue weighted by atomic mass is 32.2. The van der Waals surface area contributed by atoms with Crippen LogP contribution in [0.15, 0.2) is 22.5 Å². The lowest BCUT2D eigenvalue weighted by Gasteiger charge is -2.09. The van der Waals surface area contributed by atoms with Crippen molar-refractivity contribution in [1.29, 1.82) is 0 Å². The Balaban J connectivity index is 3.69. The average molecular weight is 282 g/mol. The molecular weight excluding hydrogens is 273 g/mol. The highest BCUT2D eigenvalue weighted by molar-refractivity contribution is 7.90. The molecule has 0 atom stereocenters. The fraction of sp³-hybridized carbons (Fsp3) is 0.333. The number of alkyl halides is 3. The van der Waals surface area contributed by atoms with Gasteiger partial charge in [-0.25, -0.2) is 13.4 Å². The van der Waals surface area contributed by atoms with Crippen LogP contribution in [0.3, 0.4) is 0 Å². The summed E-state index contributed by atoms with van der Waals surface area (Å²) >= 11 is 0. The maximum absolute atomic E-state index is 12.4. The summed E-state index contributed by atoms with van der Waals surface area (Å²) in [5.74, 6) is -1.64. The first kappa shape index (κ1) is 14.4. The van der Waals surface area contributed by atoms with Gasteiger partial charge in [0.15, 0.2) is 14.9 Å². The molecule has 0 saturated heterocycles. The minimum atomic E-state index is -4.93. The summed E-state index contributed by atoms with van der Waals surface area (Å²) in [6.45, 7) is 3.29. The second-order valence-electron chi connectivity index (χ2n) is 3.46. The minimum absolute atomic E-state index is 0.192. The SMILES string of the molecule is C=CCc1c(S(C)(=O)=O)nc(C(F)(F)F)[nH]c1=O. The third-order valence-electron chi connectivity index (χ3n) is 1.95. The van der Waals surface area contributed by atoms with E-state index >= 15 is 0 Å². The van der Waals surface area contributed by atoms with Gasteiger partial charge in [0.05, 0.1) is 5.56 Å². The van der Waals surface area contributed by atoms with Crippen molar-refractivity contribution in [2.24, 2.45) is 0 Å². The Morgan fingerprint density at radius 2 is 2.00 bits per heavy atom. The van der Waals surface area contributed by atoms with E-state index in [0.29, 0.717) is 6.26 Å². The van der Waals surface area contributed by atoms with Crippen LogP contribution in [0.25, 0.3) is 0 Å². The number of nitrogens with zero attached hydrogens (tertiary/aromatic N) is 1. The van der Waals surface area contributed by atoms with Gasteiger partial charge in [-0.15, -0.1) is 6.58 Å². The number of aromatic nitrogens is 2. The van der Waals surface area contributed by atoms with Crippen molar-refractivity contribution >= 4 is 9.84 Å². The van der Waals surface area contributed by atoms with Crippen LogP contribution in [-0.4, -0.2) is 24.6 Å². The van der Waals surface area contributed by atoms with Gasteiger partial charge in [-0.1, -0.05) is 6.08 Å². The number of aromatic amines is 1. The molecule has 1 N–H and O–H groups in total. The first-order valence-corrected chi connectivity index (χ1v) is 6.48. The van der Waals surface area contributed by atoms with E-state index < -0.39 is 32.4 Å². The van der Waals surface area contributed by atoms with E-state index in [2.05, 4.69) is 11.6 Å². The Labute approximate surface area is 100 Å². The first-order chi connectivity index (χ1) is 8.07. The number of rotatable bonds is 3. The summed E-state index contributed by atoms with van der Waals surface area (Å²) in [5.41, 5.74) is -1.50. The predicted octanol–water partition coefficient (Wildman–Crippen LogP) is 0.921. The number of hydrogen-bond acceptors (Lipinski definition) is 4. The molecular formula is C9H9F3N2O3S. The highest BCUT2D eigenvalue weighted by Gasteiger charge is 2.36. The number of hydrogen-bond donors (Lipinski definition) is 1. The van der Waals surface area contributed by atoms with Gasteiger partial charge in [-0.3, -0.25) is 4.79 Å². The molecule has 100 valence electrons. The molecule has 5 nitrogen and oxygen atoms in total. The van der Waals surface area contributed by atoms with Crippen molar-refractivity contribution in [3.8, 4) is 0 Å². The summed E-state index contributed by atoms with van der Waals surface area (Å²) < 4.78 is 59.9. The van der Waals surface area contributed by atoms with Crippen LogP contribution >= 0.6 is 0 Å². The summed E-state index contributed by atoms with van der Waals surface area (Å²) in [5, 5.41) is -0.876. The monoisotopic (exact) mass is 282 g/mol. The van der Waals surface area contributed by atoms with E-state index in [4.69, 9.17) is 0 Å². The van der Waals surface area contributed by atoms with Crippen LogP contribution in [0.5, 0.6) is 0 Å². The van der Waals surface area contributed by atoms with Crippen molar-refractivity contribution in [3.63, 3.8) is 0 Å². The Morgan fingerprint density at radius 3 is 2.39 bits per heavy atom. The Kier molecular flexibility index (Phi) is 3.65.